The molecule has 0 bridgehead atoms. The maximum absolute atomic E-state index is 14.8. The molecule has 0 aromatic heterocycles. The van der Waals surface area contributed by atoms with Crippen LogP contribution in [0.5, 0.6) is 0 Å². The van der Waals surface area contributed by atoms with Crippen molar-refractivity contribution in [2.24, 2.45) is 59.6 Å². The highest BCUT2D eigenvalue weighted by Crippen LogP contribution is 2.67. The molecule has 0 fully saturated rings. The number of hydrogen-bond donors (Lipinski definition) is 3. The fraction of sp³-hybridized carbons (Fsp3) is 0.707. The van der Waals surface area contributed by atoms with Crippen LogP contribution in [0.4, 0.5) is 10.5 Å². The summed E-state index contributed by atoms with van der Waals surface area (Å²) in [5.41, 5.74) is -6.78. The topological polar surface area (TPSA) is 172 Å². The number of carbonyl (C=O) groups excluding carboxylic acids is 3. The van der Waals surface area contributed by atoms with E-state index in [0.717, 1.165) is 6.42 Å². The third-order valence-electron chi connectivity index (χ3n) is 18.2. The van der Waals surface area contributed by atoms with E-state index in [-0.39, 0.29) is 56.0 Å². The van der Waals surface area contributed by atoms with Crippen molar-refractivity contribution in [2.45, 2.75) is 177 Å². The second-order valence-corrected chi connectivity index (χ2v) is 26.4. The van der Waals surface area contributed by atoms with E-state index in [9.17, 15) is 29.4 Å². The lowest BCUT2D eigenvalue weighted by atomic mass is 9.42. The van der Waals surface area contributed by atoms with Crippen LogP contribution in [0.25, 0.3) is 0 Å². The second-order valence-electron chi connectivity index (χ2n) is 26.4. The molecule has 69 heavy (non-hydrogen) atoms. The van der Waals surface area contributed by atoms with Gasteiger partial charge in [-0.3, -0.25) is 19.7 Å². The summed E-state index contributed by atoms with van der Waals surface area (Å²) in [6.45, 7) is 42.6. The van der Waals surface area contributed by atoms with Gasteiger partial charge in [0.2, 0.25) is 0 Å². The predicted octanol–water partition coefficient (Wildman–Crippen LogP) is 13.9. The summed E-state index contributed by atoms with van der Waals surface area (Å²) < 4.78 is 17.2. The molecule has 2 aromatic rings. The molecule has 1 amide bonds. The van der Waals surface area contributed by atoms with Crippen molar-refractivity contribution < 1.29 is 43.6 Å². The molecule has 4 atom stereocenters. The summed E-state index contributed by atoms with van der Waals surface area (Å²) in [5, 5.41) is 33.1. The van der Waals surface area contributed by atoms with Gasteiger partial charge in [0, 0.05) is 5.69 Å². The molecule has 4 unspecified atom stereocenters. The number of carbonyl (C=O) groups is 4. The summed E-state index contributed by atoms with van der Waals surface area (Å²) in [7, 11) is 0. The Balaban J connectivity index is 2.63. The lowest BCUT2D eigenvalue weighted by Crippen LogP contribution is -2.60. The molecule has 0 radical (unpaired) electrons. The van der Waals surface area contributed by atoms with E-state index in [1.54, 1.807) is 31.2 Å². The zero-order chi connectivity index (χ0) is 53.7. The Bertz CT molecular complexity index is 2120. The third kappa shape index (κ3) is 13.1. The number of carboxylic acid groups (broad SMARTS) is 1. The number of aliphatic carboxylic acids is 1. The fourth-order valence-electron chi connectivity index (χ4n) is 11.1. The van der Waals surface area contributed by atoms with Crippen molar-refractivity contribution in [3.8, 4) is 6.07 Å². The number of aliphatic hydroxyl groups is 1. The maximum Gasteiger partial charge on any atom is 0.411 e. The first-order chi connectivity index (χ1) is 31.1. The van der Waals surface area contributed by atoms with Crippen LogP contribution in [-0.2, 0) is 28.6 Å². The first-order valence-corrected chi connectivity index (χ1v) is 24.8. The zero-order valence-corrected chi connectivity index (χ0v) is 46.6. The van der Waals surface area contributed by atoms with E-state index in [0.29, 0.717) is 17.7 Å². The molecule has 0 saturated carbocycles. The van der Waals surface area contributed by atoms with E-state index in [1.807, 2.05) is 67.5 Å². The van der Waals surface area contributed by atoms with Crippen LogP contribution in [0, 0.1) is 70.9 Å². The van der Waals surface area contributed by atoms with Gasteiger partial charge in [-0.05, 0) is 126 Å². The van der Waals surface area contributed by atoms with Crippen molar-refractivity contribution in [1.82, 2.24) is 0 Å². The summed E-state index contributed by atoms with van der Waals surface area (Å²) in [6, 6.07) is 18.8. The van der Waals surface area contributed by atoms with Gasteiger partial charge in [0.05, 0.1) is 34.5 Å². The molecule has 2 aromatic carbocycles. The van der Waals surface area contributed by atoms with Crippen LogP contribution >= 0.6 is 0 Å². The average molecular weight is 961 g/mol. The molecule has 2 rings (SSSR count). The number of ether oxygens (including phenoxy) is 3. The highest BCUT2D eigenvalue weighted by Gasteiger charge is 2.65. The van der Waals surface area contributed by atoms with E-state index in [4.69, 9.17) is 19.5 Å². The minimum Gasteiger partial charge on any atom is -0.481 e. The number of nitrogens with one attached hydrogen (secondary N) is 1. The standard InChI is InChI=1S/C58H92N2O9/c1-48(2,3)37-57(20,45(64)68-33-34-69-47(66)60-42-29-27-40(36-59)28-30-42)55(17,18)51(9,10)38-56(19,44(62)63)54(15,16)52(11,12)39-58(21,46(65)67-32-31-61)53(13,14)50(7,8)35-43(49(4,5)6)41-25-23-22-24-26-41/h22-30,43,61H,31-35,37-39H2,1-21H3,(H,60,66)(H,62,63). The minimum atomic E-state index is -1.42. The summed E-state index contributed by atoms with van der Waals surface area (Å²) in [6.07, 6.45) is 0.866. The van der Waals surface area contributed by atoms with Crippen LogP contribution in [0.2, 0.25) is 0 Å². The zero-order valence-electron chi connectivity index (χ0n) is 46.6. The molecule has 0 saturated heterocycles. The van der Waals surface area contributed by atoms with Gasteiger partial charge in [-0.2, -0.15) is 5.26 Å². The Kier molecular flexibility index (Phi) is 18.9. The molecule has 0 heterocycles. The summed E-state index contributed by atoms with van der Waals surface area (Å²) >= 11 is 0. The van der Waals surface area contributed by atoms with Crippen LogP contribution in [0.3, 0.4) is 0 Å². The third-order valence-corrected chi connectivity index (χ3v) is 18.2. The highest BCUT2D eigenvalue weighted by molar-refractivity contribution is 5.84. The van der Waals surface area contributed by atoms with Gasteiger partial charge in [-0.25, -0.2) is 4.79 Å². The van der Waals surface area contributed by atoms with E-state index < -0.39 is 72.7 Å². The molecule has 11 nitrogen and oxygen atoms in total. The molecule has 388 valence electrons. The quantitative estimate of drug-likeness (QED) is 0.0553. The van der Waals surface area contributed by atoms with Crippen molar-refractivity contribution >= 4 is 29.7 Å². The Morgan fingerprint density at radius 2 is 0.986 bits per heavy atom. The monoisotopic (exact) mass is 961 g/mol. The number of esters is 2. The summed E-state index contributed by atoms with van der Waals surface area (Å²) in [4.78, 5) is 56.1. The molecular weight excluding hydrogens is 869 g/mol. The van der Waals surface area contributed by atoms with Gasteiger partial charge < -0.3 is 24.4 Å². The highest BCUT2D eigenvalue weighted by atomic mass is 16.6. The van der Waals surface area contributed by atoms with Gasteiger partial charge in [-0.1, -0.05) is 155 Å². The van der Waals surface area contributed by atoms with E-state index in [1.165, 1.54) is 5.56 Å². The Morgan fingerprint density at radius 1 is 0.565 bits per heavy atom. The molecular formula is C58H92N2O9. The molecule has 0 spiro atoms. The van der Waals surface area contributed by atoms with Crippen LogP contribution in [0.15, 0.2) is 54.6 Å². The number of nitrogens with zero attached hydrogens (tertiary/aromatic N) is 1. The largest absolute Gasteiger partial charge is 0.481 e. The lowest BCUT2D eigenvalue weighted by molar-refractivity contribution is -0.193. The first kappa shape index (κ1) is 60.7. The molecule has 0 aliphatic carbocycles. The Labute approximate surface area is 417 Å². The number of amides is 1. The smallest absolute Gasteiger partial charge is 0.411 e. The molecule has 3 N–H and O–H groups in total. The minimum absolute atomic E-state index is 0.103. The van der Waals surface area contributed by atoms with E-state index >= 15 is 0 Å². The number of carboxylic acids is 1. The second kappa shape index (κ2) is 21.5. The van der Waals surface area contributed by atoms with Crippen molar-refractivity contribution in [2.75, 3.05) is 31.7 Å². The first-order valence-electron chi connectivity index (χ1n) is 24.8. The molecule has 0 aliphatic rings. The Hall–Kier alpha value is -4.43. The fourth-order valence-corrected chi connectivity index (χ4v) is 11.1. The number of aliphatic hydroxyl groups excluding tert-OH is 1. The normalized spacial score (nSPS) is 16.4. The SMILES string of the molecule is CC(C)(C)CC(C)(C(=O)OCCOC(=O)Nc1ccc(C#N)cc1)C(C)(C)C(C)(C)CC(C)(C(=O)O)C(C)(C)C(C)(C)CC(C)(C(=O)OCCO)C(C)(C)C(C)(C)CC(c1ccccc1)C(C)(C)C. The number of hydrogen-bond acceptors (Lipinski definition) is 9. The van der Waals surface area contributed by atoms with Crippen molar-refractivity contribution in [1.29, 1.82) is 5.26 Å². The lowest BCUT2D eigenvalue weighted by Gasteiger charge is -2.61. The molecule has 11 heteroatoms. The van der Waals surface area contributed by atoms with Gasteiger partial charge in [0.1, 0.15) is 19.8 Å². The van der Waals surface area contributed by atoms with Gasteiger partial charge in [0.25, 0.3) is 0 Å². The number of anilines is 1. The number of benzene rings is 2. The van der Waals surface area contributed by atoms with Crippen LogP contribution in [-0.4, -0.2) is 60.6 Å². The van der Waals surface area contributed by atoms with Crippen molar-refractivity contribution in [3.63, 3.8) is 0 Å². The van der Waals surface area contributed by atoms with Crippen LogP contribution in [0.1, 0.15) is 188 Å². The Morgan fingerprint density at radius 3 is 1.42 bits per heavy atom. The number of rotatable bonds is 23. The van der Waals surface area contributed by atoms with E-state index in [2.05, 4.69) is 113 Å². The summed E-state index contributed by atoms with van der Waals surface area (Å²) in [5.74, 6) is -1.75. The van der Waals surface area contributed by atoms with Crippen molar-refractivity contribution in [3.05, 3.63) is 65.7 Å². The van der Waals surface area contributed by atoms with Gasteiger partial charge >= 0.3 is 24.0 Å². The van der Waals surface area contributed by atoms with Gasteiger partial charge in [-0.15, -0.1) is 0 Å². The maximum atomic E-state index is 14.8. The van der Waals surface area contributed by atoms with Crippen LogP contribution < -0.4 is 5.32 Å². The van der Waals surface area contributed by atoms with Gasteiger partial charge in [0.15, 0.2) is 0 Å². The average Bonchev–Trinajstić information content (AvgIpc) is 3.22. The predicted molar refractivity (Wildman–Crippen MR) is 276 cm³/mol. The number of nitriles is 1. The molecule has 0 aliphatic heterocycles.